The van der Waals surface area contributed by atoms with Crippen LogP contribution in [0, 0.1) is 0 Å². The van der Waals surface area contributed by atoms with Crippen molar-refractivity contribution in [1.29, 1.82) is 0 Å². The van der Waals surface area contributed by atoms with Crippen molar-refractivity contribution in [1.82, 2.24) is 20.6 Å². The van der Waals surface area contributed by atoms with Crippen LogP contribution in [0.1, 0.15) is 27.7 Å². The van der Waals surface area contributed by atoms with Crippen LogP contribution in [0.15, 0.2) is 42.9 Å². The molecule has 118 valence electrons. The number of amides is 1. The first-order valence-corrected chi connectivity index (χ1v) is 6.70. The average molecular weight is 341 g/mol. The molecule has 0 saturated carbocycles. The van der Waals surface area contributed by atoms with E-state index < -0.39 is 0 Å². The Morgan fingerprint density at radius 3 is 2.86 bits per heavy atom. The molecule has 0 spiro atoms. The van der Waals surface area contributed by atoms with Gasteiger partial charge in [0.1, 0.15) is 5.69 Å². The smallest absolute Gasteiger partial charge is 0.271 e. The lowest BCUT2D eigenvalue weighted by Gasteiger charge is -2.27. The summed E-state index contributed by atoms with van der Waals surface area (Å²) in [6, 6.07) is 8.50. The van der Waals surface area contributed by atoms with Gasteiger partial charge in [-0.3, -0.25) is 9.78 Å². The summed E-state index contributed by atoms with van der Waals surface area (Å²) in [5.41, 5.74) is 2.96. The molecular weight excluding hydrogens is 323 g/mol. The van der Waals surface area contributed by atoms with Crippen molar-refractivity contribution in [2.24, 2.45) is 0 Å². The first-order valence-electron chi connectivity index (χ1n) is 6.70. The number of rotatable bonds is 3. The Labute approximate surface area is 141 Å². The highest BCUT2D eigenvalue weighted by Gasteiger charge is 2.19. The lowest BCUT2D eigenvalue weighted by Crippen LogP contribution is -2.39. The SMILES string of the molecule is Cl.Cl.O=C(NCC1NCCc2ccccc21)c1cnccn1. The number of nitrogens with one attached hydrogen (secondary N) is 2. The summed E-state index contributed by atoms with van der Waals surface area (Å²) in [6.07, 6.45) is 5.57. The largest absolute Gasteiger partial charge is 0.349 e. The zero-order chi connectivity index (χ0) is 13.8. The van der Waals surface area contributed by atoms with Crippen LogP contribution in [-0.2, 0) is 6.42 Å². The lowest BCUT2D eigenvalue weighted by molar-refractivity contribution is 0.0943. The summed E-state index contributed by atoms with van der Waals surface area (Å²) in [6.45, 7) is 1.48. The first kappa shape index (κ1) is 18.4. The summed E-state index contributed by atoms with van der Waals surface area (Å²) < 4.78 is 0. The number of aromatic nitrogens is 2. The van der Waals surface area contributed by atoms with Gasteiger partial charge in [0.05, 0.1) is 6.20 Å². The third kappa shape index (κ3) is 4.16. The van der Waals surface area contributed by atoms with Gasteiger partial charge < -0.3 is 10.6 Å². The highest BCUT2D eigenvalue weighted by molar-refractivity contribution is 5.91. The van der Waals surface area contributed by atoms with Crippen molar-refractivity contribution in [2.45, 2.75) is 12.5 Å². The number of fused-ring (bicyclic) bond motifs is 1. The number of carbonyl (C=O) groups excluding carboxylic acids is 1. The van der Waals surface area contributed by atoms with Crippen molar-refractivity contribution in [3.63, 3.8) is 0 Å². The summed E-state index contributed by atoms with van der Waals surface area (Å²) in [5, 5.41) is 6.34. The van der Waals surface area contributed by atoms with E-state index in [1.807, 2.05) is 6.07 Å². The van der Waals surface area contributed by atoms with E-state index in [4.69, 9.17) is 0 Å². The van der Waals surface area contributed by atoms with Crippen LogP contribution < -0.4 is 10.6 Å². The maximum absolute atomic E-state index is 12.0. The molecule has 1 aromatic carbocycles. The molecule has 0 aliphatic carbocycles. The predicted octanol–water partition coefficient (Wildman–Crippen LogP) is 1.94. The minimum atomic E-state index is -0.192. The van der Waals surface area contributed by atoms with Gasteiger partial charge in [-0.1, -0.05) is 24.3 Å². The summed E-state index contributed by atoms with van der Waals surface area (Å²) >= 11 is 0. The van der Waals surface area contributed by atoms with Crippen LogP contribution in [0.3, 0.4) is 0 Å². The fourth-order valence-corrected chi connectivity index (χ4v) is 2.48. The Hall–Kier alpha value is -1.69. The quantitative estimate of drug-likeness (QED) is 0.895. The van der Waals surface area contributed by atoms with Crippen LogP contribution in [0.25, 0.3) is 0 Å². The van der Waals surface area contributed by atoms with Gasteiger partial charge in [-0.05, 0) is 24.1 Å². The molecule has 22 heavy (non-hydrogen) atoms. The van der Waals surface area contributed by atoms with Gasteiger partial charge >= 0.3 is 0 Å². The number of hydrogen-bond acceptors (Lipinski definition) is 4. The number of nitrogens with zero attached hydrogens (tertiary/aromatic N) is 2. The summed E-state index contributed by atoms with van der Waals surface area (Å²) in [4.78, 5) is 19.8. The number of carbonyl (C=O) groups is 1. The van der Waals surface area contributed by atoms with Gasteiger partial charge in [-0.25, -0.2) is 4.98 Å². The lowest BCUT2D eigenvalue weighted by atomic mass is 9.94. The van der Waals surface area contributed by atoms with Gasteiger partial charge in [0.25, 0.3) is 5.91 Å². The van der Waals surface area contributed by atoms with Crippen LogP contribution in [0.2, 0.25) is 0 Å². The van der Waals surface area contributed by atoms with Crippen molar-refractivity contribution in [3.05, 3.63) is 59.7 Å². The Kier molecular flexibility index (Phi) is 7.24. The molecule has 2 aromatic rings. The molecule has 2 heterocycles. The standard InChI is InChI=1S/C15H16N4O.2ClH/c20-15(14-9-16-7-8-18-14)19-10-13-12-4-2-1-3-11(12)5-6-17-13;;/h1-4,7-9,13,17H,5-6,10H2,(H,19,20);2*1H. The fraction of sp³-hybridized carbons (Fsp3) is 0.267. The van der Waals surface area contributed by atoms with E-state index in [1.54, 1.807) is 6.20 Å². The van der Waals surface area contributed by atoms with E-state index in [1.165, 1.54) is 23.5 Å². The van der Waals surface area contributed by atoms with E-state index in [9.17, 15) is 4.79 Å². The molecule has 1 aliphatic rings. The number of hydrogen-bond donors (Lipinski definition) is 2. The third-order valence-electron chi connectivity index (χ3n) is 3.48. The second-order valence-electron chi connectivity index (χ2n) is 4.76. The van der Waals surface area contributed by atoms with Crippen LogP contribution >= 0.6 is 24.8 Å². The minimum absolute atomic E-state index is 0. The topological polar surface area (TPSA) is 66.9 Å². The molecular formula is C15H18Cl2N4O. The molecule has 1 aliphatic heterocycles. The molecule has 7 heteroatoms. The highest BCUT2D eigenvalue weighted by Crippen LogP contribution is 2.21. The van der Waals surface area contributed by atoms with E-state index in [2.05, 4.69) is 38.8 Å². The maximum atomic E-state index is 12.0. The Bertz CT molecular complexity index is 610. The van der Waals surface area contributed by atoms with Crippen LogP contribution in [0.5, 0.6) is 0 Å². The van der Waals surface area contributed by atoms with E-state index in [0.717, 1.165) is 13.0 Å². The zero-order valence-electron chi connectivity index (χ0n) is 11.9. The Morgan fingerprint density at radius 1 is 1.27 bits per heavy atom. The fourth-order valence-electron chi connectivity index (χ4n) is 2.48. The van der Waals surface area contributed by atoms with Crippen LogP contribution in [-0.4, -0.2) is 29.0 Å². The third-order valence-corrected chi connectivity index (χ3v) is 3.48. The zero-order valence-corrected chi connectivity index (χ0v) is 13.5. The highest BCUT2D eigenvalue weighted by atomic mass is 35.5. The van der Waals surface area contributed by atoms with Crippen LogP contribution in [0.4, 0.5) is 0 Å². The predicted molar refractivity (Wildman–Crippen MR) is 89.8 cm³/mol. The van der Waals surface area contributed by atoms with Gasteiger partial charge in [0, 0.05) is 25.0 Å². The molecule has 1 unspecified atom stereocenters. The number of benzene rings is 1. The normalized spacial score (nSPS) is 15.7. The Balaban J connectivity index is 0.00000121. The molecule has 1 amide bonds. The van der Waals surface area contributed by atoms with Gasteiger partial charge in [-0.2, -0.15) is 0 Å². The summed E-state index contributed by atoms with van der Waals surface area (Å²) in [7, 11) is 0. The molecule has 1 aromatic heterocycles. The number of halogens is 2. The molecule has 1 atom stereocenters. The van der Waals surface area contributed by atoms with E-state index in [-0.39, 0.29) is 36.8 Å². The molecule has 0 fully saturated rings. The van der Waals surface area contributed by atoms with Crippen molar-refractivity contribution in [2.75, 3.05) is 13.1 Å². The van der Waals surface area contributed by atoms with Gasteiger partial charge in [-0.15, -0.1) is 24.8 Å². The second kappa shape index (κ2) is 8.68. The van der Waals surface area contributed by atoms with Gasteiger partial charge in [0.2, 0.25) is 0 Å². The average Bonchev–Trinajstić information content (AvgIpc) is 2.53. The maximum Gasteiger partial charge on any atom is 0.271 e. The first-order chi connectivity index (χ1) is 9.84. The monoisotopic (exact) mass is 340 g/mol. The molecule has 3 rings (SSSR count). The van der Waals surface area contributed by atoms with Gasteiger partial charge in [0.15, 0.2) is 0 Å². The van der Waals surface area contributed by atoms with E-state index >= 15 is 0 Å². The minimum Gasteiger partial charge on any atom is -0.349 e. The summed E-state index contributed by atoms with van der Waals surface area (Å²) in [5.74, 6) is -0.192. The molecule has 0 radical (unpaired) electrons. The van der Waals surface area contributed by atoms with E-state index in [0.29, 0.717) is 12.2 Å². The van der Waals surface area contributed by atoms with Crippen molar-refractivity contribution < 1.29 is 4.79 Å². The molecule has 0 saturated heterocycles. The molecule has 2 N–H and O–H groups in total. The second-order valence-corrected chi connectivity index (χ2v) is 4.76. The molecule has 5 nitrogen and oxygen atoms in total. The Morgan fingerprint density at radius 2 is 2.09 bits per heavy atom. The van der Waals surface area contributed by atoms with Crippen molar-refractivity contribution >= 4 is 30.7 Å². The molecule has 0 bridgehead atoms. The van der Waals surface area contributed by atoms with Crippen molar-refractivity contribution in [3.8, 4) is 0 Å².